The fourth-order valence-corrected chi connectivity index (χ4v) is 6.78. The van der Waals surface area contributed by atoms with Gasteiger partial charge in [-0.3, -0.25) is 0 Å². The maximum absolute atomic E-state index is 12.2. The summed E-state index contributed by atoms with van der Waals surface area (Å²) in [5.41, 5.74) is 2.84. The van der Waals surface area contributed by atoms with E-state index < -0.39 is 6.16 Å². The average molecular weight is 401 g/mol. The standard InChI is InChI=1S/C25H36O4/c1-4-6-13-28-24(27)29-22-10-9-21-23-16(5-2)14-17-15-18(26)7-8-19(17)20(23)11-12-25(21,22)3/h7-8,15-16,20-23,26H,4-6,9-14H2,1-3H3. The van der Waals surface area contributed by atoms with Crippen molar-refractivity contribution in [1.29, 1.82) is 0 Å². The number of carbonyl (C=O) groups is 1. The van der Waals surface area contributed by atoms with Gasteiger partial charge in [0.2, 0.25) is 0 Å². The third-order valence-electron chi connectivity index (χ3n) is 8.28. The first-order valence-electron chi connectivity index (χ1n) is 11.6. The van der Waals surface area contributed by atoms with Crippen LogP contribution in [0.2, 0.25) is 0 Å². The van der Waals surface area contributed by atoms with Gasteiger partial charge in [-0.1, -0.05) is 39.7 Å². The van der Waals surface area contributed by atoms with Gasteiger partial charge >= 0.3 is 6.16 Å². The number of ether oxygens (including phenoxy) is 2. The van der Waals surface area contributed by atoms with E-state index in [1.54, 1.807) is 0 Å². The zero-order valence-corrected chi connectivity index (χ0v) is 18.2. The Balaban J connectivity index is 1.54. The Kier molecular flexibility index (Phi) is 5.81. The Bertz CT molecular complexity index is 744. The molecule has 4 heteroatoms. The molecule has 0 bridgehead atoms. The van der Waals surface area contributed by atoms with E-state index in [1.165, 1.54) is 11.1 Å². The summed E-state index contributed by atoms with van der Waals surface area (Å²) in [6.45, 7) is 7.19. The van der Waals surface area contributed by atoms with Crippen LogP contribution in [0.15, 0.2) is 18.2 Å². The van der Waals surface area contributed by atoms with Crippen LogP contribution in [0.1, 0.15) is 82.8 Å². The number of hydrogen-bond donors (Lipinski definition) is 1. The second kappa shape index (κ2) is 8.20. The molecular formula is C25H36O4. The van der Waals surface area contributed by atoms with E-state index in [1.807, 2.05) is 12.1 Å². The van der Waals surface area contributed by atoms with Gasteiger partial charge in [0, 0.05) is 5.41 Å². The molecule has 4 rings (SSSR count). The Labute approximate surface area is 175 Å². The maximum Gasteiger partial charge on any atom is 0.508 e. The zero-order valence-electron chi connectivity index (χ0n) is 18.2. The van der Waals surface area contributed by atoms with Gasteiger partial charge in [-0.15, -0.1) is 0 Å². The molecule has 0 radical (unpaired) electrons. The van der Waals surface area contributed by atoms with Crippen molar-refractivity contribution in [3.8, 4) is 5.75 Å². The Morgan fingerprint density at radius 3 is 2.83 bits per heavy atom. The number of hydrogen-bond acceptors (Lipinski definition) is 4. The maximum atomic E-state index is 12.2. The highest BCUT2D eigenvalue weighted by atomic mass is 16.7. The van der Waals surface area contributed by atoms with E-state index in [0.717, 1.165) is 51.4 Å². The van der Waals surface area contributed by atoms with Crippen LogP contribution in [-0.4, -0.2) is 24.0 Å². The molecule has 3 aliphatic rings. The Morgan fingerprint density at radius 1 is 1.24 bits per heavy atom. The molecule has 2 fully saturated rings. The van der Waals surface area contributed by atoms with Crippen LogP contribution in [0.3, 0.4) is 0 Å². The van der Waals surface area contributed by atoms with Crippen molar-refractivity contribution in [2.45, 2.75) is 84.2 Å². The summed E-state index contributed by atoms with van der Waals surface area (Å²) in [6.07, 6.45) is 7.91. The Hall–Kier alpha value is -1.71. The van der Waals surface area contributed by atoms with Gasteiger partial charge in [-0.2, -0.15) is 0 Å². The zero-order chi connectivity index (χ0) is 20.6. The predicted molar refractivity (Wildman–Crippen MR) is 113 cm³/mol. The number of unbranched alkanes of at least 4 members (excludes halogenated alkanes) is 1. The summed E-state index contributed by atoms with van der Waals surface area (Å²) in [7, 11) is 0. The SMILES string of the molecule is CCCCOC(=O)OC1CCC2C3C(CC)Cc4cc(O)ccc4C3CCC12C. The van der Waals surface area contributed by atoms with Crippen molar-refractivity contribution in [3.63, 3.8) is 0 Å². The van der Waals surface area contributed by atoms with Gasteiger partial charge in [0.15, 0.2) is 0 Å². The average Bonchev–Trinajstić information content (AvgIpc) is 3.03. The van der Waals surface area contributed by atoms with Crippen LogP contribution in [0.5, 0.6) is 5.75 Å². The minimum absolute atomic E-state index is 0.0266. The summed E-state index contributed by atoms with van der Waals surface area (Å²) in [6, 6.07) is 5.99. The second-order valence-electron chi connectivity index (χ2n) is 9.73. The summed E-state index contributed by atoms with van der Waals surface area (Å²) in [4.78, 5) is 12.2. The van der Waals surface area contributed by atoms with Gasteiger partial charge in [-0.25, -0.2) is 4.79 Å². The molecule has 0 saturated heterocycles. The summed E-state index contributed by atoms with van der Waals surface area (Å²) in [5.74, 6) is 2.81. The van der Waals surface area contributed by atoms with Crippen LogP contribution in [-0.2, 0) is 15.9 Å². The molecule has 0 aliphatic heterocycles. The molecule has 160 valence electrons. The highest BCUT2D eigenvalue weighted by Gasteiger charge is 2.58. The summed E-state index contributed by atoms with van der Waals surface area (Å²) < 4.78 is 11.2. The predicted octanol–water partition coefficient (Wildman–Crippen LogP) is 6.21. The minimum Gasteiger partial charge on any atom is -0.508 e. The number of fused-ring (bicyclic) bond motifs is 5. The molecule has 0 heterocycles. The van der Waals surface area contributed by atoms with Gasteiger partial charge in [0.1, 0.15) is 11.9 Å². The van der Waals surface area contributed by atoms with E-state index in [-0.39, 0.29) is 11.5 Å². The van der Waals surface area contributed by atoms with Gasteiger partial charge in [-0.05, 0) is 85.5 Å². The van der Waals surface area contributed by atoms with E-state index >= 15 is 0 Å². The van der Waals surface area contributed by atoms with E-state index in [0.29, 0.717) is 36.0 Å². The molecule has 1 aromatic rings. The second-order valence-corrected chi connectivity index (χ2v) is 9.73. The third kappa shape index (κ3) is 3.64. The number of phenolic OH excluding ortho intramolecular Hbond substituents is 1. The number of phenols is 1. The van der Waals surface area contributed by atoms with E-state index in [2.05, 4.69) is 26.8 Å². The molecule has 2 saturated carbocycles. The number of carbonyl (C=O) groups excluding carboxylic acids is 1. The monoisotopic (exact) mass is 400 g/mol. The first kappa shape index (κ1) is 20.6. The molecule has 1 N–H and O–H groups in total. The highest BCUT2D eigenvalue weighted by molar-refractivity contribution is 5.60. The largest absolute Gasteiger partial charge is 0.508 e. The lowest BCUT2D eigenvalue weighted by atomic mass is 9.52. The molecule has 3 aliphatic carbocycles. The van der Waals surface area contributed by atoms with Crippen molar-refractivity contribution in [2.75, 3.05) is 6.61 Å². The number of benzene rings is 1. The van der Waals surface area contributed by atoms with Crippen LogP contribution in [0.25, 0.3) is 0 Å². The van der Waals surface area contributed by atoms with Crippen molar-refractivity contribution in [3.05, 3.63) is 29.3 Å². The highest BCUT2D eigenvalue weighted by Crippen LogP contribution is 2.63. The third-order valence-corrected chi connectivity index (χ3v) is 8.28. The smallest absolute Gasteiger partial charge is 0.508 e. The van der Waals surface area contributed by atoms with Crippen LogP contribution in [0.4, 0.5) is 4.79 Å². The summed E-state index contributed by atoms with van der Waals surface area (Å²) in [5, 5.41) is 9.97. The normalized spacial score (nSPS) is 35.3. The van der Waals surface area contributed by atoms with Crippen molar-refractivity contribution in [1.82, 2.24) is 0 Å². The fourth-order valence-electron chi connectivity index (χ4n) is 6.78. The molecule has 4 nitrogen and oxygen atoms in total. The Morgan fingerprint density at radius 2 is 2.07 bits per heavy atom. The van der Waals surface area contributed by atoms with Gasteiger partial charge in [0.25, 0.3) is 0 Å². The van der Waals surface area contributed by atoms with Crippen molar-refractivity contribution >= 4 is 6.16 Å². The van der Waals surface area contributed by atoms with Crippen molar-refractivity contribution in [2.24, 2.45) is 23.2 Å². The lowest BCUT2D eigenvalue weighted by Gasteiger charge is -2.53. The lowest BCUT2D eigenvalue weighted by molar-refractivity contribution is -0.0635. The number of rotatable bonds is 5. The molecule has 6 atom stereocenters. The first-order chi connectivity index (χ1) is 14.0. The van der Waals surface area contributed by atoms with Crippen LogP contribution >= 0.6 is 0 Å². The number of aromatic hydroxyl groups is 1. The van der Waals surface area contributed by atoms with E-state index in [4.69, 9.17) is 9.47 Å². The van der Waals surface area contributed by atoms with Crippen LogP contribution in [0, 0.1) is 23.2 Å². The van der Waals surface area contributed by atoms with Crippen molar-refractivity contribution < 1.29 is 19.4 Å². The molecule has 29 heavy (non-hydrogen) atoms. The van der Waals surface area contributed by atoms with E-state index in [9.17, 15) is 9.90 Å². The molecule has 0 amide bonds. The van der Waals surface area contributed by atoms with Gasteiger partial charge in [0.05, 0.1) is 6.61 Å². The molecule has 1 aromatic carbocycles. The lowest BCUT2D eigenvalue weighted by Crippen LogP contribution is -2.48. The molecule has 6 unspecified atom stereocenters. The molecular weight excluding hydrogens is 364 g/mol. The molecule has 0 spiro atoms. The fraction of sp³-hybridized carbons (Fsp3) is 0.720. The van der Waals surface area contributed by atoms with Crippen LogP contribution < -0.4 is 0 Å². The summed E-state index contributed by atoms with van der Waals surface area (Å²) >= 11 is 0. The quantitative estimate of drug-likeness (QED) is 0.472. The first-order valence-corrected chi connectivity index (χ1v) is 11.6. The molecule has 0 aromatic heterocycles. The minimum atomic E-state index is -0.482. The topological polar surface area (TPSA) is 55.8 Å². The van der Waals surface area contributed by atoms with Gasteiger partial charge < -0.3 is 14.6 Å².